The predicted octanol–water partition coefficient (Wildman–Crippen LogP) is 2.97. The summed E-state index contributed by atoms with van der Waals surface area (Å²) in [6, 6.07) is 4.85. The van der Waals surface area contributed by atoms with Gasteiger partial charge in [-0.3, -0.25) is 0 Å². The van der Waals surface area contributed by atoms with Crippen LogP contribution in [-0.4, -0.2) is 6.10 Å². The highest BCUT2D eigenvalue weighted by Crippen LogP contribution is 2.28. The van der Waals surface area contributed by atoms with Crippen LogP contribution in [0, 0.1) is 9.39 Å². The van der Waals surface area contributed by atoms with Crippen molar-refractivity contribution in [1.29, 1.82) is 0 Å². The summed E-state index contributed by atoms with van der Waals surface area (Å²) in [5, 5.41) is 0. The molecular weight excluding hydrogens is 270 g/mol. The van der Waals surface area contributed by atoms with Crippen LogP contribution in [0.4, 0.5) is 4.39 Å². The Kier molecular flexibility index (Phi) is 2.21. The second-order valence-corrected chi connectivity index (χ2v) is 4.06. The van der Waals surface area contributed by atoms with Gasteiger partial charge in [-0.15, -0.1) is 0 Å². The third-order valence-electron chi connectivity index (χ3n) is 1.72. The van der Waals surface area contributed by atoms with E-state index in [2.05, 4.69) is 0 Å². The minimum absolute atomic E-state index is 0.182. The lowest BCUT2D eigenvalue weighted by Gasteiger charge is -2.04. The van der Waals surface area contributed by atoms with Crippen LogP contribution in [0.1, 0.15) is 12.8 Å². The molecule has 0 aliphatic heterocycles. The number of rotatable bonds is 2. The molecule has 0 unspecified atom stereocenters. The second kappa shape index (κ2) is 3.20. The minimum Gasteiger partial charge on any atom is -0.490 e. The Hall–Kier alpha value is -0.320. The first-order valence-electron chi connectivity index (χ1n) is 3.87. The summed E-state index contributed by atoms with van der Waals surface area (Å²) in [6.07, 6.45) is 2.65. The zero-order valence-electron chi connectivity index (χ0n) is 6.39. The van der Waals surface area contributed by atoms with Crippen LogP contribution in [0.15, 0.2) is 18.2 Å². The molecule has 1 fully saturated rings. The Morgan fingerprint density at radius 1 is 1.42 bits per heavy atom. The zero-order chi connectivity index (χ0) is 8.55. The molecule has 1 aliphatic carbocycles. The van der Waals surface area contributed by atoms with Gasteiger partial charge in [-0.2, -0.15) is 0 Å². The normalized spacial score (nSPS) is 16.2. The van der Waals surface area contributed by atoms with Crippen molar-refractivity contribution in [3.63, 3.8) is 0 Å². The topological polar surface area (TPSA) is 9.23 Å². The number of hydrogen-bond donors (Lipinski definition) is 0. The zero-order valence-corrected chi connectivity index (χ0v) is 8.55. The molecule has 0 amide bonds. The van der Waals surface area contributed by atoms with Crippen molar-refractivity contribution in [2.75, 3.05) is 0 Å². The second-order valence-electron chi connectivity index (χ2n) is 2.89. The van der Waals surface area contributed by atoms with Crippen molar-refractivity contribution in [1.82, 2.24) is 0 Å². The van der Waals surface area contributed by atoms with E-state index in [-0.39, 0.29) is 5.82 Å². The summed E-state index contributed by atoms with van der Waals surface area (Å²) in [7, 11) is 0. The summed E-state index contributed by atoms with van der Waals surface area (Å²) >= 11 is 1.96. The van der Waals surface area contributed by atoms with Crippen molar-refractivity contribution < 1.29 is 9.13 Å². The van der Waals surface area contributed by atoms with Crippen LogP contribution in [-0.2, 0) is 0 Å². The van der Waals surface area contributed by atoms with E-state index in [1.807, 2.05) is 22.6 Å². The Balaban J connectivity index is 2.15. The van der Waals surface area contributed by atoms with Crippen molar-refractivity contribution in [3.05, 3.63) is 27.6 Å². The maximum absolute atomic E-state index is 12.8. The fraction of sp³-hybridized carbons (Fsp3) is 0.333. The molecule has 2 rings (SSSR count). The lowest BCUT2D eigenvalue weighted by molar-refractivity contribution is 0.302. The highest BCUT2D eigenvalue weighted by molar-refractivity contribution is 14.1. The van der Waals surface area contributed by atoms with E-state index in [1.165, 1.54) is 6.07 Å². The Morgan fingerprint density at radius 3 is 2.75 bits per heavy atom. The smallest absolute Gasteiger partial charge is 0.136 e. The summed E-state index contributed by atoms with van der Waals surface area (Å²) in [6.45, 7) is 0. The first-order valence-corrected chi connectivity index (χ1v) is 4.95. The molecule has 0 radical (unpaired) electrons. The van der Waals surface area contributed by atoms with Crippen LogP contribution in [0.5, 0.6) is 5.75 Å². The first kappa shape index (κ1) is 8.29. The van der Waals surface area contributed by atoms with Crippen LogP contribution in [0.2, 0.25) is 0 Å². The third kappa shape index (κ3) is 1.88. The molecule has 0 N–H and O–H groups in total. The van der Waals surface area contributed by atoms with Gasteiger partial charge in [0.15, 0.2) is 0 Å². The molecule has 1 nitrogen and oxygen atoms in total. The van der Waals surface area contributed by atoms with Crippen LogP contribution < -0.4 is 4.74 Å². The molecule has 0 bridgehead atoms. The predicted molar refractivity (Wildman–Crippen MR) is 52.8 cm³/mol. The molecule has 1 aromatic carbocycles. The lowest BCUT2D eigenvalue weighted by atomic mass is 10.3. The monoisotopic (exact) mass is 278 g/mol. The Bertz CT molecular complexity index is 297. The average Bonchev–Trinajstić information content (AvgIpc) is 2.81. The molecule has 1 aliphatic rings. The maximum atomic E-state index is 12.8. The van der Waals surface area contributed by atoms with E-state index < -0.39 is 0 Å². The highest BCUT2D eigenvalue weighted by Gasteiger charge is 2.23. The van der Waals surface area contributed by atoms with Gasteiger partial charge in [0, 0.05) is 0 Å². The quantitative estimate of drug-likeness (QED) is 0.756. The molecule has 1 aromatic rings. The van der Waals surface area contributed by atoms with Crippen LogP contribution in [0.25, 0.3) is 0 Å². The molecule has 0 atom stereocenters. The largest absolute Gasteiger partial charge is 0.490 e. The molecule has 0 spiro atoms. The minimum atomic E-state index is -0.182. The summed E-state index contributed by atoms with van der Waals surface area (Å²) in [5.41, 5.74) is 0. The van der Waals surface area contributed by atoms with Gasteiger partial charge in [-0.05, 0) is 53.6 Å². The van der Waals surface area contributed by atoms with E-state index >= 15 is 0 Å². The SMILES string of the molecule is Fc1ccc(OC2CC2)cc1I. The van der Waals surface area contributed by atoms with Crippen LogP contribution in [0.3, 0.4) is 0 Å². The summed E-state index contributed by atoms with van der Waals surface area (Å²) in [4.78, 5) is 0. The van der Waals surface area contributed by atoms with Crippen molar-refractivity contribution >= 4 is 22.6 Å². The van der Waals surface area contributed by atoms with Gasteiger partial charge in [0.25, 0.3) is 0 Å². The molecule has 0 saturated heterocycles. The molecule has 3 heteroatoms. The fourth-order valence-corrected chi connectivity index (χ4v) is 1.42. The lowest BCUT2D eigenvalue weighted by Crippen LogP contribution is -1.96. The van der Waals surface area contributed by atoms with Gasteiger partial charge in [0.2, 0.25) is 0 Å². The van der Waals surface area contributed by atoms with E-state index in [9.17, 15) is 4.39 Å². The number of ether oxygens (including phenoxy) is 1. The number of hydrogen-bond acceptors (Lipinski definition) is 1. The number of halogens is 2. The van der Waals surface area contributed by atoms with Crippen molar-refractivity contribution in [3.8, 4) is 5.75 Å². The molecule has 0 heterocycles. The van der Waals surface area contributed by atoms with E-state index in [4.69, 9.17) is 4.74 Å². The summed E-state index contributed by atoms with van der Waals surface area (Å²) < 4.78 is 18.9. The van der Waals surface area contributed by atoms with Gasteiger partial charge in [0.05, 0.1) is 9.67 Å². The van der Waals surface area contributed by atoms with Crippen LogP contribution >= 0.6 is 22.6 Å². The third-order valence-corrected chi connectivity index (χ3v) is 2.54. The average molecular weight is 278 g/mol. The molecule has 64 valence electrons. The van der Waals surface area contributed by atoms with Gasteiger partial charge < -0.3 is 4.74 Å². The van der Waals surface area contributed by atoms with Crippen molar-refractivity contribution in [2.24, 2.45) is 0 Å². The maximum Gasteiger partial charge on any atom is 0.136 e. The van der Waals surface area contributed by atoms with E-state index in [1.54, 1.807) is 12.1 Å². The van der Waals surface area contributed by atoms with Gasteiger partial charge in [0.1, 0.15) is 11.6 Å². The molecule has 0 aromatic heterocycles. The van der Waals surface area contributed by atoms with Gasteiger partial charge in [-0.25, -0.2) is 4.39 Å². The Morgan fingerprint density at radius 2 is 2.17 bits per heavy atom. The standard InChI is InChI=1S/C9H8FIO/c10-8-4-3-7(5-9(8)11)12-6-1-2-6/h3-6H,1-2H2. The molecule has 12 heavy (non-hydrogen) atoms. The van der Waals surface area contributed by atoms with Crippen molar-refractivity contribution in [2.45, 2.75) is 18.9 Å². The Labute approximate surface area is 84.1 Å². The summed E-state index contributed by atoms with van der Waals surface area (Å²) in [5.74, 6) is 0.599. The van der Waals surface area contributed by atoms with E-state index in [0.717, 1.165) is 18.6 Å². The fourth-order valence-electron chi connectivity index (χ4n) is 0.929. The first-order chi connectivity index (χ1) is 5.75. The molecular formula is C9H8FIO. The van der Waals surface area contributed by atoms with E-state index in [0.29, 0.717) is 9.67 Å². The highest BCUT2D eigenvalue weighted by atomic mass is 127. The van der Waals surface area contributed by atoms with Gasteiger partial charge in [-0.1, -0.05) is 0 Å². The molecule has 1 saturated carbocycles. The van der Waals surface area contributed by atoms with Gasteiger partial charge >= 0.3 is 0 Å². The number of benzene rings is 1.